The van der Waals surface area contributed by atoms with Gasteiger partial charge in [-0.3, -0.25) is 0 Å². The first-order valence-electron chi connectivity index (χ1n) is 13.9. The summed E-state index contributed by atoms with van der Waals surface area (Å²) in [4.78, 5) is 27.7. The van der Waals surface area contributed by atoms with Crippen molar-refractivity contribution in [3.05, 3.63) is 94.8 Å². The number of aromatic nitrogens is 3. The van der Waals surface area contributed by atoms with Gasteiger partial charge >= 0.3 is 12.1 Å². The Kier molecular flexibility index (Phi) is 8.86. The van der Waals surface area contributed by atoms with Gasteiger partial charge in [0.15, 0.2) is 5.58 Å². The molecule has 2 aromatic carbocycles. The topological polar surface area (TPSA) is 152 Å². The van der Waals surface area contributed by atoms with Crippen molar-refractivity contribution in [2.75, 3.05) is 30.8 Å². The van der Waals surface area contributed by atoms with Crippen LogP contribution in [0.1, 0.15) is 21.9 Å². The standard InChI is InChI=1S/C32H27N7O4S2/c1-39(12-13-41-32(40)36-18-20-6-8-21(9-7-20)19-42-31-35-11-10-28(34)38-31)29-16-27-26(45-29)15-23(44-27)14-22(17-33)30-37-24-4-2-3-5-25(24)43-30/h2-11,14-16H,12-13,18-19H2,1H3,(H,36,40)(H2,34,35,38)/b22-14+. The molecule has 0 aliphatic carbocycles. The van der Waals surface area contributed by atoms with E-state index in [1.165, 1.54) is 0 Å². The second-order valence-corrected chi connectivity index (χ2v) is 12.1. The van der Waals surface area contributed by atoms with Gasteiger partial charge in [-0.2, -0.15) is 10.2 Å². The molecule has 3 N–H and O–H groups in total. The molecule has 4 heterocycles. The Labute approximate surface area is 266 Å². The third-order valence-electron chi connectivity index (χ3n) is 6.66. The van der Waals surface area contributed by atoms with E-state index in [0.29, 0.717) is 42.6 Å². The molecule has 6 aromatic rings. The van der Waals surface area contributed by atoms with Gasteiger partial charge in [0.05, 0.1) is 11.5 Å². The average Bonchev–Trinajstić information content (AvgIpc) is 3.76. The Balaban J connectivity index is 0.952. The highest BCUT2D eigenvalue weighted by Crippen LogP contribution is 2.38. The number of anilines is 2. The van der Waals surface area contributed by atoms with Crippen molar-refractivity contribution in [3.8, 4) is 12.1 Å². The Hall–Kier alpha value is -5.45. The average molecular weight is 638 g/mol. The Morgan fingerprint density at radius 1 is 1.09 bits per heavy atom. The van der Waals surface area contributed by atoms with Crippen molar-refractivity contribution in [1.29, 1.82) is 5.26 Å². The molecule has 11 nitrogen and oxygen atoms in total. The maximum Gasteiger partial charge on any atom is 0.407 e. The number of nitriles is 1. The van der Waals surface area contributed by atoms with Gasteiger partial charge < -0.3 is 29.8 Å². The molecule has 0 aliphatic heterocycles. The van der Waals surface area contributed by atoms with Crippen molar-refractivity contribution in [1.82, 2.24) is 20.3 Å². The molecule has 0 saturated carbocycles. The van der Waals surface area contributed by atoms with Crippen LogP contribution < -0.4 is 20.7 Å². The van der Waals surface area contributed by atoms with Crippen LogP contribution in [0.15, 0.2) is 77.3 Å². The summed E-state index contributed by atoms with van der Waals surface area (Å²) in [5.41, 5.74) is 9.24. The van der Waals surface area contributed by atoms with Gasteiger partial charge in [-0.25, -0.2) is 14.8 Å². The molecule has 4 aromatic heterocycles. The number of amides is 1. The number of nitrogens with zero attached hydrogens (tertiary/aromatic N) is 5. The van der Waals surface area contributed by atoms with Crippen LogP contribution in [0, 0.1) is 11.3 Å². The molecule has 0 atom stereocenters. The van der Waals surface area contributed by atoms with E-state index < -0.39 is 6.09 Å². The Morgan fingerprint density at radius 2 is 1.89 bits per heavy atom. The number of nitrogens with two attached hydrogens (primary N) is 1. The SMILES string of the molecule is CN(CCOC(=O)NCc1ccc(COc2nccc(N)n2)cc1)c1cc2sc(/C=C(\C#N)c3nc4ccccc4o3)cc2s1. The minimum atomic E-state index is -0.481. The minimum absolute atomic E-state index is 0.221. The highest BCUT2D eigenvalue weighted by Gasteiger charge is 2.14. The number of para-hydroxylation sites is 2. The number of likely N-dealkylation sites (N-methyl/N-ethyl adjacent to an activating group) is 1. The van der Waals surface area contributed by atoms with Crippen molar-refractivity contribution >= 4 is 71.7 Å². The molecule has 226 valence electrons. The number of hydrogen-bond donors (Lipinski definition) is 2. The van der Waals surface area contributed by atoms with Crippen LogP contribution in [0.4, 0.5) is 15.6 Å². The molecular weight excluding hydrogens is 611 g/mol. The van der Waals surface area contributed by atoms with Crippen LogP contribution in [0.25, 0.3) is 32.1 Å². The van der Waals surface area contributed by atoms with Crippen LogP contribution in [0.5, 0.6) is 6.01 Å². The number of nitrogens with one attached hydrogen (secondary N) is 1. The highest BCUT2D eigenvalue weighted by molar-refractivity contribution is 7.30. The quantitative estimate of drug-likeness (QED) is 0.151. The summed E-state index contributed by atoms with van der Waals surface area (Å²) < 4.78 is 18.9. The van der Waals surface area contributed by atoms with Gasteiger partial charge in [-0.1, -0.05) is 36.4 Å². The molecule has 0 unspecified atom stereocenters. The maximum atomic E-state index is 12.3. The predicted octanol–water partition coefficient (Wildman–Crippen LogP) is 6.48. The van der Waals surface area contributed by atoms with Crippen LogP contribution in [0.3, 0.4) is 0 Å². The minimum Gasteiger partial charge on any atom is -0.459 e. The number of benzene rings is 2. The smallest absolute Gasteiger partial charge is 0.407 e. The van der Waals surface area contributed by atoms with Gasteiger partial charge in [0.2, 0.25) is 5.89 Å². The molecular formula is C32H27N7O4S2. The van der Waals surface area contributed by atoms with Crippen molar-refractivity contribution in [2.24, 2.45) is 0 Å². The first-order chi connectivity index (χ1) is 21.9. The maximum absolute atomic E-state index is 12.3. The number of fused-ring (bicyclic) bond motifs is 2. The molecule has 0 radical (unpaired) electrons. The Morgan fingerprint density at radius 3 is 2.67 bits per heavy atom. The molecule has 45 heavy (non-hydrogen) atoms. The second-order valence-electron chi connectivity index (χ2n) is 9.90. The number of allylic oxidation sites excluding steroid dienone is 1. The number of ether oxygens (including phenoxy) is 2. The number of nitrogen functional groups attached to an aromatic ring is 1. The summed E-state index contributed by atoms with van der Waals surface area (Å²) in [6.07, 6.45) is 2.86. The zero-order chi connectivity index (χ0) is 31.2. The van der Waals surface area contributed by atoms with E-state index in [-0.39, 0.29) is 12.6 Å². The monoisotopic (exact) mass is 637 g/mol. The van der Waals surface area contributed by atoms with Crippen LogP contribution in [0.2, 0.25) is 0 Å². The van der Waals surface area contributed by atoms with E-state index >= 15 is 0 Å². The molecule has 0 saturated heterocycles. The van der Waals surface area contributed by atoms with Gasteiger partial charge in [0, 0.05) is 34.1 Å². The third-order valence-corrected chi connectivity index (χ3v) is 9.02. The zero-order valence-corrected chi connectivity index (χ0v) is 25.7. The van der Waals surface area contributed by atoms with E-state index in [0.717, 1.165) is 35.9 Å². The first kappa shape index (κ1) is 29.6. The molecule has 1 amide bonds. The number of oxazole rings is 1. The number of thiophene rings is 2. The summed E-state index contributed by atoms with van der Waals surface area (Å²) in [5, 5.41) is 13.6. The van der Waals surface area contributed by atoms with Crippen molar-refractivity contribution < 1.29 is 18.7 Å². The Bertz CT molecular complexity index is 1960. The number of carbonyl (C=O) groups excluding carboxylic acids is 1. The summed E-state index contributed by atoms with van der Waals surface area (Å²) >= 11 is 3.23. The fraction of sp³-hybridized carbons (Fsp3) is 0.156. The van der Waals surface area contributed by atoms with Gasteiger partial charge in [0.1, 0.15) is 36.2 Å². The van der Waals surface area contributed by atoms with Crippen LogP contribution in [-0.4, -0.2) is 41.2 Å². The van der Waals surface area contributed by atoms with Crippen LogP contribution >= 0.6 is 22.7 Å². The first-order valence-corrected chi connectivity index (χ1v) is 15.5. The van der Waals surface area contributed by atoms with E-state index in [4.69, 9.17) is 19.6 Å². The second kappa shape index (κ2) is 13.5. The summed E-state index contributed by atoms with van der Waals surface area (Å²) in [6, 6.07) is 23.3. The summed E-state index contributed by atoms with van der Waals surface area (Å²) in [5.74, 6) is 0.657. The van der Waals surface area contributed by atoms with Crippen molar-refractivity contribution in [2.45, 2.75) is 13.2 Å². The van der Waals surface area contributed by atoms with Gasteiger partial charge in [0.25, 0.3) is 0 Å². The van der Waals surface area contributed by atoms with E-state index in [1.807, 2.05) is 55.6 Å². The molecule has 0 fully saturated rings. The van der Waals surface area contributed by atoms with Crippen molar-refractivity contribution in [3.63, 3.8) is 0 Å². The number of rotatable bonds is 11. The van der Waals surface area contributed by atoms with Gasteiger partial charge in [-0.15, -0.1) is 22.7 Å². The van der Waals surface area contributed by atoms with E-state index in [1.54, 1.807) is 41.0 Å². The fourth-order valence-electron chi connectivity index (χ4n) is 4.31. The number of hydrogen-bond acceptors (Lipinski definition) is 12. The lowest BCUT2D eigenvalue weighted by atomic mass is 10.1. The molecule has 13 heteroatoms. The summed E-state index contributed by atoms with van der Waals surface area (Å²) in [6.45, 7) is 1.42. The molecule has 0 spiro atoms. The van der Waals surface area contributed by atoms with E-state index in [9.17, 15) is 10.1 Å². The number of carbonyl (C=O) groups is 1. The lowest BCUT2D eigenvalue weighted by Crippen LogP contribution is -2.28. The van der Waals surface area contributed by atoms with E-state index in [2.05, 4.69) is 43.4 Å². The molecule has 0 bridgehead atoms. The third kappa shape index (κ3) is 7.38. The lowest BCUT2D eigenvalue weighted by Gasteiger charge is -2.16. The summed E-state index contributed by atoms with van der Waals surface area (Å²) in [7, 11) is 1.96. The number of alkyl carbamates (subject to hydrolysis) is 1. The fourth-order valence-corrected chi connectivity index (χ4v) is 6.64. The lowest BCUT2D eigenvalue weighted by molar-refractivity contribution is 0.148. The highest BCUT2D eigenvalue weighted by atomic mass is 32.1. The largest absolute Gasteiger partial charge is 0.459 e. The zero-order valence-electron chi connectivity index (χ0n) is 24.1. The van der Waals surface area contributed by atoms with Crippen LogP contribution in [-0.2, 0) is 17.9 Å². The predicted molar refractivity (Wildman–Crippen MR) is 176 cm³/mol. The normalized spacial score (nSPS) is 11.4. The van der Waals surface area contributed by atoms with Gasteiger partial charge in [-0.05, 0) is 47.5 Å². The molecule has 6 rings (SSSR count). The molecule has 0 aliphatic rings.